The van der Waals surface area contributed by atoms with E-state index in [1.807, 2.05) is 35.9 Å². The second-order valence-electron chi connectivity index (χ2n) is 4.84. The molecule has 3 rings (SSSR count). The molecule has 0 amide bonds. The summed E-state index contributed by atoms with van der Waals surface area (Å²) >= 11 is 0. The summed E-state index contributed by atoms with van der Waals surface area (Å²) in [5.41, 5.74) is 1.81. The van der Waals surface area contributed by atoms with E-state index in [2.05, 4.69) is 4.98 Å². The number of nitrogens with zero attached hydrogens (tertiary/aromatic N) is 2. The lowest BCUT2D eigenvalue weighted by Crippen LogP contribution is -2.06. The molecule has 3 aromatic rings. The molecule has 0 atom stereocenters. The molecule has 0 bridgehead atoms. The number of carboxylic acids is 1. The van der Waals surface area contributed by atoms with Crippen LogP contribution < -0.4 is 0 Å². The number of aromatic carboxylic acids is 1. The molecule has 0 spiro atoms. The number of benzene rings is 2. The van der Waals surface area contributed by atoms with Gasteiger partial charge in [-0.1, -0.05) is 24.3 Å². The van der Waals surface area contributed by atoms with Crippen molar-refractivity contribution in [3.63, 3.8) is 0 Å². The molecule has 0 radical (unpaired) electrons. The number of hydrogen-bond acceptors (Lipinski definition) is 2. The number of aromatic nitrogens is 2. The number of imidazole rings is 1. The third-order valence-electron chi connectivity index (χ3n) is 3.54. The first-order valence-corrected chi connectivity index (χ1v) is 6.49. The number of rotatable bonds is 3. The first kappa shape index (κ1) is 13.3. The number of aryl methyl sites for hydroxylation is 1. The maximum atomic E-state index is 14.2. The minimum absolute atomic E-state index is 0.248. The number of halogens is 1. The maximum absolute atomic E-state index is 14.2. The summed E-state index contributed by atoms with van der Waals surface area (Å²) in [6.45, 7) is 0. The lowest BCUT2D eigenvalue weighted by Gasteiger charge is -2.06. The molecule has 0 aliphatic heterocycles. The lowest BCUT2D eigenvalue weighted by molar-refractivity contribution is 0.0691. The van der Waals surface area contributed by atoms with E-state index in [-0.39, 0.29) is 12.0 Å². The van der Waals surface area contributed by atoms with Gasteiger partial charge in [0, 0.05) is 13.5 Å². The molecule has 0 unspecified atom stereocenters. The Labute approximate surface area is 120 Å². The van der Waals surface area contributed by atoms with Gasteiger partial charge in [0.15, 0.2) is 0 Å². The van der Waals surface area contributed by atoms with Crippen molar-refractivity contribution in [2.45, 2.75) is 6.42 Å². The fourth-order valence-electron chi connectivity index (χ4n) is 2.41. The van der Waals surface area contributed by atoms with Gasteiger partial charge in [-0.2, -0.15) is 0 Å². The third kappa shape index (κ3) is 2.27. The lowest BCUT2D eigenvalue weighted by atomic mass is 10.1. The summed E-state index contributed by atoms with van der Waals surface area (Å²) in [6.07, 6.45) is 0.248. The average molecular weight is 284 g/mol. The van der Waals surface area contributed by atoms with Crippen LogP contribution in [0.5, 0.6) is 0 Å². The van der Waals surface area contributed by atoms with Gasteiger partial charge >= 0.3 is 5.97 Å². The van der Waals surface area contributed by atoms with E-state index in [9.17, 15) is 9.18 Å². The second kappa shape index (κ2) is 5.01. The van der Waals surface area contributed by atoms with Crippen LogP contribution in [0.4, 0.5) is 4.39 Å². The van der Waals surface area contributed by atoms with Gasteiger partial charge in [0.2, 0.25) is 0 Å². The zero-order valence-electron chi connectivity index (χ0n) is 11.4. The van der Waals surface area contributed by atoms with Crippen molar-refractivity contribution in [3.05, 3.63) is 65.2 Å². The highest BCUT2D eigenvalue weighted by atomic mass is 19.1. The van der Waals surface area contributed by atoms with Gasteiger partial charge in [0.25, 0.3) is 0 Å². The van der Waals surface area contributed by atoms with Gasteiger partial charge in [-0.25, -0.2) is 14.2 Å². The number of hydrogen-bond donors (Lipinski definition) is 1. The Kier molecular flexibility index (Phi) is 3.17. The van der Waals surface area contributed by atoms with Gasteiger partial charge in [0.05, 0.1) is 16.6 Å². The van der Waals surface area contributed by atoms with E-state index < -0.39 is 11.8 Å². The van der Waals surface area contributed by atoms with Crippen LogP contribution >= 0.6 is 0 Å². The molecule has 0 aliphatic rings. The Balaban J connectivity index is 2.05. The Morgan fingerprint density at radius 1 is 1.24 bits per heavy atom. The topological polar surface area (TPSA) is 55.1 Å². The fraction of sp³-hybridized carbons (Fsp3) is 0.125. The summed E-state index contributed by atoms with van der Waals surface area (Å²) in [5, 5.41) is 8.96. The zero-order valence-corrected chi connectivity index (χ0v) is 11.4. The maximum Gasteiger partial charge on any atom is 0.338 e. The van der Waals surface area contributed by atoms with E-state index in [1.165, 1.54) is 6.07 Å². The molecule has 0 saturated heterocycles. The highest BCUT2D eigenvalue weighted by Crippen LogP contribution is 2.20. The van der Waals surface area contributed by atoms with Crippen LogP contribution in [0.3, 0.4) is 0 Å². The molecule has 21 heavy (non-hydrogen) atoms. The predicted octanol–water partition coefficient (Wildman–Crippen LogP) is 3.00. The fourth-order valence-corrected chi connectivity index (χ4v) is 2.41. The third-order valence-corrected chi connectivity index (χ3v) is 3.54. The Hall–Kier alpha value is -2.69. The van der Waals surface area contributed by atoms with E-state index in [0.29, 0.717) is 11.4 Å². The molecule has 4 nitrogen and oxygen atoms in total. The number of carbonyl (C=O) groups is 1. The van der Waals surface area contributed by atoms with E-state index >= 15 is 0 Å². The summed E-state index contributed by atoms with van der Waals surface area (Å²) in [4.78, 5) is 15.4. The monoisotopic (exact) mass is 284 g/mol. The summed E-state index contributed by atoms with van der Waals surface area (Å²) in [6, 6.07) is 12.0. The minimum Gasteiger partial charge on any atom is -0.478 e. The molecule has 1 heterocycles. The van der Waals surface area contributed by atoms with Crippen molar-refractivity contribution in [1.82, 2.24) is 9.55 Å². The van der Waals surface area contributed by atoms with Crippen LogP contribution in [0.2, 0.25) is 0 Å². The van der Waals surface area contributed by atoms with Gasteiger partial charge in [0.1, 0.15) is 11.6 Å². The van der Waals surface area contributed by atoms with E-state index in [0.717, 1.165) is 11.0 Å². The highest BCUT2D eigenvalue weighted by molar-refractivity contribution is 5.88. The number of para-hydroxylation sites is 2. The van der Waals surface area contributed by atoms with E-state index in [1.54, 1.807) is 12.1 Å². The number of carboxylic acid groups (broad SMARTS) is 1. The van der Waals surface area contributed by atoms with Crippen molar-refractivity contribution >= 4 is 17.0 Å². The van der Waals surface area contributed by atoms with Crippen LogP contribution in [0.15, 0.2) is 42.5 Å². The predicted molar refractivity (Wildman–Crippen MR) is 76.9 cm³/mol. The van der Waals surface area contributed by atoms with Gasteiger partial charge in [-0.15, -0.1) is 0 Å². The molecule has 0 saturated carbocycles. The highest BCUT2D eigenvalue weighted by Gasteiger charge is 2.16. The molecule has 1 N–H and O–H groups in total. The first-order valence-electron chi connectivity index (χ1n) is 6.49. The second-order valence-corrected chi connectivity index (χ2v) is 4.84. The van der Waals surface area contributed by atoms with E-state index in [4.69, 9.17) is 5.11 Å². The molecule has 2 aromatic carbocycles. The van der Waals surface area contributed by atoms with Crippen LogP contribution in [-0.2, 0) is 13.5 Å². The summed E-state index contributed by atoms with van der Waals surface area (Å²) in [5.74, 6) is -1.27. The van der Waals surface area contributed by atoms with Gasteiger partial charge in [-0.05, 0) is 23.8 Å². The first-order chi connectivity index (χ1) is 10.1. The summed E-state index contributed by atoms with van der Waals surface area (Å²) < 4.78 is 16.1. The molecule has 0 fully saturated rings. The quantitative estimate of drug-likeness (QED) is 0.804. The smallest absolute Gasteiger partial charge is 0.338 e. The van der Waals surface area contributed by atoms with Crippen molar-refractivity contribution in [2.24, 2.45) is 7.05 Å². The largest absolute Gasteiger partial charge is 0.478 e. The average Bonchev–Trinajstić information content (AvgIpc) is 2.78. The molecule has 1 aromatic heterocycles. The Bertz CT molecular complexity index is 839. The summed E-state index contributed by atoms with van der Waals surface area (Å²) in [7, 11) is 1.86. The molecule has 106 valence electrons. The van der Waals surface area contributed by atoms with Crippen LogP contribution in [0.1, 0.15) is 21.7 Å². The molecular formula is C16H13FN2O2. The number of fused-ring (bicyclic) bond motifs is 1. The van der Waals surface area contributed by atoms with Crippen molar-refractivity contribution in [1.29, 1.82) is 0 Å². The van der Waals surface area contributed by atoms with Crippen molar-refractivity contribution in [2.75, 3.05) is 0 Å². The Morgan fingerprint density at radius 2 is 2.00 bits per heavy atom. The molecule has 5 heteroatoms. The molecular weight excluding hydrogens is 271 g/mol. The SMILES string of the molecule is Cn1c(Cc2cccc(C(=O)O)c2F)nc2ccccc21. The van der Waals surface area contributed by atoms with Crippen LogP contribution in [0.25, 0.3) is 11.0 Å². The molecule has 0 aliphatic carbocycles. The van der Waals surface area contributed by atoms with Gasteiger partial charge in [-0.3, -0.25) is 0 Å². The standard InChI is InChI=1S/C16H13FN2O2/c1-19-13-8-3-2-7-12(13)18-14(19)9-10-5-4-6-11(15(10)17)16(20)21/h2-8H,9H2,1H3,(H,20,21). The van der Waals surface area contributed by atoms with Crippen molar-refractivity contribution in [3.8, 4) is 0 Å². The minimum atomic E-state index is -1.26. The normalized spacial score (nSPS) is 11.0. The Morgan fingerprint density at radius 3 is 2.71 bits per heavy atom. The van der Waals surface area contributed by atoms with Crippen LogP contribution in [0, 0.1) is 5.82 Å². The van der Waals surface area contributed by atoms with Gasteiger partial charge < -0.3 is 9.67 Å². The zero-order chi connectivity index (χ0) is 15.0. The van der Waals surface area contributed by atoms with Crippen LogP contribution in [-0.4, -0.2) is 20.6 Å². The van der Waals surface area contributed by atoms with Crippen molar-refractivity contribution < 1.29 is 14.3 Å².